The van der Waals surface area contributed by atoms with Gasteiger partial charge in [0.05, 0.1) is 20.1 Å². The number of rotatable bonds is 5. The first kappa shape index (κ1) is 13.0. The number of carbonyl (C=O) groups excluding carboxylic acids is 1. The number of thioether (sulfide) groups is 1. The van der Waals surface area contributed by atoms with Crippen LogP contribution in [0, 0.1) is 5.82 Å². The van der Waals surface area contributed by atoms with Crippen LogP contribution in [0.3, 0.4) is 0 Å². The number of hydrogen-bond acceptors (Lipinski definition) is 4. The molecule has 16 heavy (non-hydrogen) atoms. The summed E-state index contributed by atoms with van der Waals surface area (Å²) in [6.45, 7) is -0.340. The second-order valence-electron chi connectivity index (χ2n) is 3.05. The summed E-state index contributed by atoms with van der Waals surface area (Å²) in [5.41, 5.74) is 0.275. The standard InChI is InChI=1S/C11H13FO3S/c1-15-11(14)5-6-16-10-4-2-3-9(12)8(10)7-13/h2-4,13H,5-7H2,1H3. The Hall–Kier alpha value is -1.07. The van der Waals surface area contributed by atoms with Gasteiger partial charge in [0, 0.05) is 16.2 Å². The van der Waals surface area contributed by atoms with Gasteiger partial charge in [0.15, 0.2) is 0 Å². The summed E-state index contributed by atoms with van der Waals surface area (Å²) in [6, 6.07) is 4.60. The molecule has 0 heterocycles. The van der Waals surface area contributed by atoms with Crippen LogP contribution in [-0.2, 0) is 16.1 Å². The molecule has 0 fully saturated rings. The first-order valence-corrected chi connectivity index (χ1v) is 5.75. The van der Waals surface area contributed by atoms with Crippen LogP contribution < -0.4 is 0 Å². The normalized spacial score (nSPS) is 10.2. The van der Waals surface area contributed by atoms with Crippen LogP contribution in [0.5, 0.6) is 0 Å². The first-order valence-electron chi connectivity index (χ1n) is 4.77. The van der Waals surface area contributed by atoms with Crippen LogP contribution in [0.2, 0.25) is 0 Å². The van der Waals surface area contributed by atoms with Crippen molar-refractivity contribution in [3.05, 3.63) is 29.6 Å². The third kappa shape index (κ3) is 3.50. The minimum Gasteiger partial charge on any atom is -0.469 e. The average Bonchev–Trinajstić information content (AvgIpc) is 2.29. The molecule has 0 radical (unpaired) electrons. The van der Waals surface area contributed by atoms with E-state index in [0.29, 0.717) is 10.6 Å². The Kier molecular flexibility index (Phi) is 5.28. The molecule has 0 amide bonds. The molecular weight excluding hydrogens is 231 g/mol. The van der Waals surface area contributed by atoms with Gasteiger partial charge in [-0.15, -0.1) is 11.8 Å². The van der Waals surface area contributed by atoms with Crippen molar-refractivity contribution < 1.29 is 19.0 Å². The fourth-order valence-electron chi connectivity index (χ4n) is 1.17. The summed E-state index contributed by atoms with van der Waals surface area (Å²) in [4.78, 5) is 11.5. The lowest BCUT2D eigenvalue weighted by molar-refractivity contribution is -0.140. The van der Waals surface area contributed by atoms with E-state index in [1.165, 1.54) is 24.9 Å². The van der Waals surface area contributed by atoms with Crippen LogP contribution in [0.1, 0.15) is 12.0 Å². The molecule has 0 aliphatic carbocycles. The highest BCUT2D eigenvalue weighted by atomic mass is 32.2. The van der Waals surface area contributed by atoms with E-state index >= 15 is 0 Å². The van der Waals surface area contributed by atoms with Crippen LogP contribution in [-0.4, -0.2) is 23.9 Å². The van der Waals surface area contributed by atoms with Gasteiger partial charge in [-0.3, -0.25) is 4.79 Å². The maximum Gasteiger partial charge on any atom is 0.306 e. The molecule has 1 rings (SSSR count). The molecule has 1 aromatic rings. The van der Waals surface area contributed by atoms with Gasteiger partial charge in [-0.1, -0.05) is 6.07 Å². The fraction of sp³-hybridized carbons (Fsp3) is 0.364. The summed E-state index contributed by atoms with van der Waals surface area (Å²) in [7, 11) is 1.33. The van der Waals surface area contributed by atoms with Crippen molar-refractivity contribution in [2.45, 2.75) is 17.9 Å². The van der Waals surface area contributed by atoms with Gasteiger partial charge in [-0.05, 0) is 12.1 Å². The molecule has 0 aliphatic rings. The van der Waals surface area contributed by atoms with Crippen molar-refractivity contribution in [2.24, 2.45) is 0 Å². The summed E-state index contributed by atoms with van der Waals surface area (Å²) >= 11 is 1.33. The van der Waals surface area contributed by atoms with Crippen molar-refractivity contribution in [2.75, 3.05) is 12.9 Å². The zero-order valence-electron chi connectivity index (χ0n) is 8.90. The Balaban J connectivity index is 2.60. The topological polar surface area (TPSA) is 46.5 Å². The Bertz CT molecular complexity index is 368. The van der Waals surface area contributed by atoms with Crippen LogP contribution in [0.25, 0.3) is 0 Å². The van der Waals surface area contributed by atoms with E-state index in [1.807, 2.05) is 0 Å². The molecule has 0 bridgehead atoms. The van der Waals surface area contributed by atoms with E-state index in [2.05, 4.69) is 4.74 Å². The van der Waals surface area contributed by atoms with Gasteiger partial charge in [0.2, 0.25) is 0 Å². The van der Waals surface area contributed by atoms with E-state index < -0.39 is 5.82 Å². The number of methoxy groups -OCH3 is 1. The summed E-state index contributed by atoms with van der Waals surface area (Å²) in [6.07, 6.45) is 0.266. The molecule has 0 atom stereocenters. The van der Waals surface area contributed by atoms with Crippen LogP contribution >= 0.6 is 11.8 Å². The van der Waals surface area contributed by atoms with Crippen molar-refractivity contribution >= 4 is 17.7 Å². The number of aliphatic hydroxyl groups is 1. The van der Waals surface area contributed by atoms with E-state index in [4.69, 9.17) is 5.11 Å². The van der Waals surface area contributed by atoms with Gasteiger partial charge < -0.3 is 9.84 Å². The van der Waals surface area contributed by atoms with Crippen LogP contribution in [0.15, 0.2) is 23.1 Å². The van der Waals surface area contributed by atoms with E-state index in [-0.39, 0.29) is 24.6 Å². The Morgan fingerprint density at radius 3 is 2.94 bits per heavy atom. The Morgan fingerprint density at radius 1 is 1.56 bits per heavy atom. The monoisotopic (exact) mass is 244 g/mol. The lowest BCUT2D eigenvalue weighted by Crippen LogP contribution is -2.01. The maximum atomic E-state index is 13.2. The number of aliphatic hydroxyl groups excluding tert-OH is 1. The summed E-state index contributed by atoms with van der Waals surface area (Å²) in [5, 5.41) is 9.01. The van der Waals surface area contributed by atoms with Crippen molar-refractivity contribution in [3.8, 4) is 0 Å². The summed E-state index contributed by atoms with van der Waals surface area (Å²) in [5.74, 6) is -0.219. The average molecular weight is 244 g/mol. The highest BCUT2D eigenvalue weighted by molar-refractivity contribution is 7.99. The largest absolute Gasteiger partial charge is 0.469 e. The first-order chi connectivity index (χ1) is 7.69. The minimum atomic E-state index is -0.425. The Labute approximate surface area is 97.6 Å². The quantitative estimate of drug-likeness (QED) is 0.635. The summed E-state index contributed by atoms with van der Waals surface area (Å²) < 4.78 is 17.7. The van der Waals surface area contributed by atoms with Gasteiger partial charge in [-0.25, -0.2) is 4.39 Å². The predicted octanol–water partition coefficient (Wildman–Crippen LogP) is 1.97. The zero-order valence-corrected chi connectivity index (χ0v) is 9.72. The Morgan fingerprint density at radius 2 is 2.31 bits per heavy atom. The molecule has 0 saturated carbocycles. The third-order valence-corrected chi connectivity index (χ3v) is 3.13. The third-order valence-electron chi connectivity index (χ3n) is 2.03. The molecule has 3 nitrogen and oxygen atoms in total. The fourth-order valence-corrected chi connectivity index (χ4v) is 2.17. The number of esters is 1. The lowest BCUT2D eigenvalue weighted by Gasteiger charge is -2.07. The molecule has 0 unspecified atom stereocenters. The molecule has 88 valence electrons. The number of ether oxygens (including phenoxy) is 1. The highest BCUT2D eigenvalue weighted by Gasteiger charge is 2.08. The maximum absolute atomic E-state index is 13.2. The molecule has 5 heteroatoms. The number of halogens is 1. The van der Waals surface area contributed by atoms with Gasteiger partial charge in [0.25, 0.3) is 0 Å². The SMILES string of the molecule is COC(=O)CCSc1cccc(F)c1CO. The molecular formula is C11H13FO3S. The van der Waals surface area contributed by atoms with E-state index in [9.17, 15) is 9.18 Å². The van der Waals surface area contributed by atoms with Crippen molar-refractivity contribution in [3.63, 3.8) is 0 Å². The van der Waals surface area contributed by atoms with Crippen molar-refractivity contribution in [1.29, 1.82) is 0 Å². The van der Waals surface area contributed by atoms with Gasteiger partial charge in [-0.2, -0.15) is 0 Å². The molecule has 0 spiro atoms. The van der Waals surface area contributed by atoms with Gasteiger partial charge in [0.1, 0.15) is 5.82 Å². The predicted molar refractivity (Wildman–Crippen MR) is 59.7 cm³/mol. The second kappa shape index (κ2) is 6.50. The zero-order chi connectivity index (χ0) is 12.0. The highest BCUT2D eigenvalue weighted by Crippen LogP contribution is 2.25. The molecule has 0 aromatic heterocycles. The smallest absolute Gasteiger partial charge is 0.306 e. The minimum absolute atomic E-state index is 0.266. The molecule has 0 saturated heterocycles. The number of benzene rings is 1. The van der Waals surface area contributed by atoms with Crippen LogP contribution in [0.4, 0.5) is 4.39 Å². The second-order valence-corrected chi connectivity index (χ2v) is 4.19. The van der Waals surface area contributed by atoms with E-state index in [0.717, 1.165) is 0 Å². The number of hydrogen-bond donors (Lipinski definition) is 1. The molecule has 1 N–H and O–H groups in total. The van der Waals surface area contributed by atoms with Crippen molar-refractivity contribution in [1.82, 2.24) is 0 Å². The lowest BCUT2D eigenvalue weighted by atomic mass is 10.2. The molecule has 1 aromatic carbocycles. The van der Waals surface area contributed by atoms with Gasteiger partial charge >= 0.3 is 5.97 Å². The number of carbonyl (C=O) groups is 1. The van der Waals surface area contributed by atoms with E-state index in [1.54, 1.807) is 12.1 Å². The molecule has 0 aliphatic heterocycles.